The van der Waals surface area contributed by atoms with Gasteiger partial charge >= 0.3 is 0 Å². The quantitative estimate of drug-likeness (QED) is 0.534. The fourth-order valence-electron chi connectivity index (χ4n) is 2.57. The maximum absolute atomic E-state index is 13.5. The molecule has 9 heteroatoms. The molecule has 0 fully saturated rings. The Hall–Kier alpha value is -3.88. The van der Waals surface area contributed by atoms with E-state index in [1.807, 2.05) is 0 Å². The summed E-state index contributed by atoms with van der Waals surface area (Å²) in [7, 11) is 0. The summed E-state index contributed by atoms with van der Waals surface area (Å²) in [5.41, 5.74) is 6.13. The van der Waals surface area contributed by atoms with Crippen LogP contribution < -0.4 is 10.9 Å². The largest absolute Gasteiger partial charge is 0.313 e. The third-order valence-electron chi connectivity index (χ3n) is 3.72. The summed E-state index contributed by atoms with van der Waals surface area (Å²) >= 11 is 0. The third kappa shape index (κ3) is 2.71. The average molecular weight is 350 g/mol. The lowest BCUT2D eigenvalue weighted by atomic mass is 10.2. The van der Waals surface area contributed by atoms with Gasteiger partial charge in [0.2, 0.25) is 0 Å². The molecule has 0 spiro atoms. The number of fused-ring (bicyclic) bond motifs is 3. The third-order valence-corrected chi connectivity index (χ3v) is 3.72. The summed E-state index contributed by atoms with van der Waals surface area (Å²) in [6, 6.07) is 7.60. The van der Waals surface area contributed by atoms with Gasteiger partial charge in [0.05, 0.1) is 22.7 Å². The summed E-state index contributed by atoms with van der Waals surface area (Å²) in [5.74, 6) is -1.72. The first kappa shape index (κ1) is 15.6. The highest BCUT2D eigenvalue weighted by atomic mass is 19.1. The van der Waals surface area contributed by atoms with Crippen molar-refractivity contribution in [2.45, 2.75) is 0 Å². The SMILES string of the molecule is O=C(NNC(=O)c1nc2cc(F)ccc2n2cccc12)c1cnccn1. The smallest absolute Gasteiger partial charge is 0.290 e. The minimum Gasteiger partial charge on any atom is -0.313 e. The summed E-state index contributed by atoms with van der Waals surface area (Å²) in [6.07, 6.45) is 5.80. The molecule has 4 rings (SSSR count). The van der Waals surface area contributed by atoms with E-state index in [4.69, 9.17) is 0 Å². The molecule has 0 radical (unpaired) electrons. The lowest BCUT2D eigenvalue weighted by Gasteiger charge is -2.10. The van der Waals surface area contributed by atoms with E-state index in [1.165, 1.54) is 30.7 Å². The summed E-state index contributed by atoms with van der Waals surface area (Å²) in [6.45, 7) is 0. The van der Waals surface area contributed by atoms with Gasteiger partial charge < -0.3 is 4.40 Å². The average Bonchev–Trinajstić information content (AvgIpc) is 3.15. The number of nitrogens with zero attached hydrogens (tertiary/aromatic N) is 4. The molecule has 26 heavy (non-hydrogen) atoms. The number of carbonyl (C=O) groups is 2. The van der Waals surface area contributed by atoms with Crippen LogP contribution in [-0.4, -0.2) is 31.2 Å². The Labute approximate surface area is 145 Å². The molecule has 128 valence electrons. The molecule has 2 N–H and O–H groups in total. The maximum atomic E-state index is 13.5. The molecule has 2 amide bonds. The van der Waals surface area contributed by atoms with Gasteiger partial charge in [-0.1, -0.05) is 0 Å². The van der Waals surface area contributed by atoms with Gasteiger partial charge in [-0.25, -0.2) is 14.4 Å². The first-order valence-electron chi connectivity index (χ1n) is 7.56. The minimum atomic E-state index is -0.642. The lowest BCUT2D eigenvalue weighted by Crippen LogP contribution is -2.42. The summed E-state index contributed by atoms with van der Waals surface area (Å²) < 4.78 is 15.2. The Balaban J connectivity index is 1.65. The highest BCUT2D eigenvalue weighted by molar-refractivity contribution is 6.02. The van der Waals surface area contributed by atoms with E-state index in [1.54, 1.807) is 28.8 Å². The molecule has 3 heterocycles. The van der Waals surface area contributed by atoms with Crippen LogP contribution in [0.3, 0.4) is 0 Å². The Kier molecular flexibility index (Phi) is 3.73. The van der Waals surface area contributed by atoms with E-state index >= 15 is 0 Å². The number of hydrogen-bond acceptors (Lipinski definition) is 5. The first-order valence-corrected chi connectivity index (χ1v) is 7.56. The number of benzene rings is 1. The number of hydrogen-bond donors (Lipinski definition) is 2. The van der Waals surface area contributed by atoms with E-state index in [9.17, 15) is 14.0 Å². The van der Waals surface area contributed by atoms with Crippen molar-refractivity contribution in [3.63, 3.8) is 0 Å². The predicted molar refractivity (Wildman–Crippen MR) is 89.6 cm³/mol. The molecular formula is C17H11FN6O2. The van der Waals surface area contributed by atoms with Crippen molar-refractivity contribution in [1.82, 2.24) is 30.2 Å². The van der Waals surface area contributed by atoms with Crippen molar-refractivity contribution in [3.05, 3.63) is 72.3 Å². The van der Waals surface area contributed by atoms with Crippen LogP contribution in [0.25, 0.3) is 16.6 Å². The summed E-state index contributed by atoms with van der Waals surface area (Å²) in [4.78, 5) is 36.3. The normalized spacial score (nSPS) is 10.8. The Morgan fingerprint density at radius 2 is 1.88 bits per heavy atom. The van der Waals surface area contributed by atoms with Gasteiger partial charge in [-0.3, -0.25) is 25.4 Å². The van der Waals surface area contributed by atoms with E-state index in [2.05, 4.69) is 25.8 Å². The minimum absolute atomic E-state index is 0.0487. The number of aromatic nitrogens is 4. The second kappa shape index (κ2) is 6.20. The fraction of sp³-hybridized carbons (Fsp3) is 0. The highest BCUT2D eigenvalue weighted by Gasteiger charge is 2.17. The zero-order valence-corrected chi connectivity index (χ0v) is 13.2. The van der Waals surface area contributed by atoms with Gasteiger partial charge in [-0.05, 0) is 24.3 Å². The number of carbonyl (C=O) groups excluding carboxylic acids is 2. The molecule has 0 unspecified atom stereocenters. The van der Waals surface area contributed by atoms with Crippen LogP contribution >= 0.6 is 0 Å². The lowest BCUT2D eigenvalue weighted by molar-refractivity contribution is 0.0842. The molecule has 0 atom stereocenters. The van der Waals surface area contributed by atoms with Crippen LogP contribution in [-0.2, 0) is 0 Å². The molecule has 0 aliphatic rings. The number of amides is 2. The van der Waals surface area contributed by atoms with Crippen molar-refractivity contribution in [2.24, 2.45) is 0 Å². The van der Waals surface area contributed by atoms with Gasteiger partial charge in [0.25, 0.3) is 11.8 Å². The van der Waals surface area contributed by atoms with Crippen LogP contribution in [0.4, 0.5) is 4.39 Å². The van der Waals surface area contributed by atoms with Crippen molar-refractivity contribution in [1.29, 1.82) is 0 Å². The number of hydrazine groups is 1. The van der Waals surface area contributed by atoms with E-state index < -0.39 is 17.6 Å². The van der Waals surface area contributed by atoms with Crippen LogP contribution in [0.5, 0.6) is 0 Å². The van der Waals surface area contributed by atoms with Crippen LogP contribution in [0, 0.1) is 5.82 Å². The van der Waals surface area contributed by atoms with E-state index in [0.717, 1.165) is 0 Å². The predicted octanol–water partition coefficient (Wildman–Crippen LogP) is 1.49. The molecule has 0 saturated carbocycles. The standard InChI is InChI=1S/C17H11FN6O2/c18-10-3-4-13-11(8-10)21-15(14-2-1-7-24(13)14)17(26)23-22-16(25)12-9-19-5-6-20-12/h1-9H,(H,22,25)(H,23,26). The van der Waals surface area contributed by atoms with Crippen molar-refractivity contribution >= 4 is 28.4 Å². The van der Waals surface area contributed by atoms with Gasteiger partial charge in [0.1, 0.15) is 11.5 Å². The highest BCUT2D eigenvalue weighted by Crippen LogP contribution is 2.19. The van der Waals surface area contributed by atoms with E-state index in [0.29, 0.717) is 16.6 Å². The number of halogens is 1. The van der Waals surface area contributed by atoms with Crippen molar-refractivity contribution in [2.75, 3.05) is 0 Å². The molecule has 0 aliphatic carbocycles. The monoisotopic (exact) mass is 350 g/mol. The topological polar surface area (TPSA) is 101 Å². The number of nitrogens with one attached hydrogen (secondary N) is 2. The van der Waals surface area contributed by atoms with Crippen LogP contribution in [0.2, 0.25) is 0 Å². The zero-order valence-electron chi connectivity index (χ0n) is 13.2. The van der Waals surface area contributed by atoms with Gasteiger partial charge in [0, 0.05) is 24.7 Å². The second-order valence-corrected chi connectivity index (χ2v) is 5.36. The molecule has 3 aromatic heterocycles. The van der Waals surface area contributed by atoms with Gasteiger partial charge in [-0.15, -0.1) is 0 Å². The molecule has 4 aromatic rings. The Morgan fingerprint density at radius 1 is 1.04 bits per heavy atom. The van der Waals surface area contributed by atoms with Gasteiger partial charge in [-0.2, -0.15) is 0 Å². The van der Waals surface area contributed by atoms with Crippen LogP contribution in [0.1, 0.15) is 21.0 Å². The van der Waals surface area contributed by atoms with E-state index in [-0.39, 0.29) is 11.4 Å². The first-order chi connectivity index (χ1) is 12.6. The zero-order chi connectivity index (χ0) is 18.1. The molecule has 0 saturated heterocycles. The molecule has 8 nitrogen and oxygen atoms in total. The second-order valence-electron chi connectivity index (χ2n) is 5.36. The van der Waals surface area contributed by atoms with Crippen molar-refractivity contribution < 1.29 is 14.0 Å². The van der Waals surface area contributed by atoms with Crippen LogP contribution in [0.15, 0.2) is 55.1 Å². The Morgan fingerprint density at radius 3 is 2.69 bits per heavy atom. The fourth-order valence-corrected chi connectivity index (χ4v) is 2.57. The van der Waals surface area contributed by atoms with Crippen molar-refractivity contribution in [3.8, 4) is 0 Å². The molecule has 0 bridgehead atoms. The molecule has 0 aliphatic heterocycles. The van der Waals surface area contributed by atoms with Gasteiger partial charge in [0.15, 0.2) is 5.69 Å². The molecular weight excluding hydrogens is 339 g/mol. The summed E-state index contributed by atoms with van der Waals surface area (Å²) in [5, 5.41) is 0. The molecule has 1 aromatic carbocycles. The number of rotatable bonds is 2. The Bertz CT molecular complexity index is 1140. The maximum Gasteiger partial charge on any atom is 0.290 e.